The average Bonchev–Trinajstić information content (AvgIpc) is 3.03. The van der Waals surface area contributed by atoms with E-state index in [0.717, 1.165) is 37.6 Å². The van der Waals surface area contributed by atoms with Gasteiger partial charge in [0.1, 0.15) is 0 Å². The largest absolute Gasteiger partial charge is 0.425 e. The van der Waals surface area contributed by atoms with Gasteiger partial charge in [-0.15, -0.1) is 10.2 Å². The average molecular weight is 303 g/mol. The first-order valence-electron chi connectivity index (χ1n) is 8.09. The molecule has 0 amide bonds. The lowest BCUT2D eigenvalue weighted by molar-refractivity contribution is 0.120. The van der Waals surface area contributed by atoms with Crippen molar-refractivity contribution in [1.82, 2.24) is 24.9 Å². The van der Waals surface area contributed by atoms with Crippen molar-refractivity contribution in [1.29, 1.82) is 0 Å². The third kappa shape index (κ3) is 3.06. The molecule has 2 aromatic rings. The molecule has 1 aliphatic rings. The highest BCUT2D eigenvalue weighted by molar-refractivity contribution is 5.06. The summed E-state index contributed by atoms with van der Waals surface area (Å²) in [6, 6.07) is 2.55. The SMILES string of the molecule is Cc1cc(C)n(CCN2CCC[C@H](c3nnc(C)o3)[C@@H]2C)n1. The van der Waals surface area contributed by atoms with Gasteiger partial charge in [-0.3, -0.25) is 9.58 Å². The number of piperidine rings is 1. The quantitative estimate of drug-likeness (QED) is 0.868. The lowest BCUT2D eigenvalue weighted by atomic mass is 9.90. The third-order valence-corrected chi connectivity index (χ3v) is 4.68. The molecule has 0 aliphatic carbocycles. The Balaban J connectivity index is 1.65. The molecule has 1 fully saturated rings. The van der Waals surface area contributed by atoms with Crippen molar-refractivity contribution in [2.45, 2.75) is 59.0 Å². The van der Waals surface area contributed by atoms with Crippen LogP contribution in [0.15, 0.2) is 10.5 Å². The van der Waals surface area contributed by atoms with Crippen molar-refractivity contribution >= 4 is 0 Å². The molecule has 120 valence electrons. The lowest BCUT2D eigenvalue weighted by Crippen LogP contribution is -2.44. The lowest BCUT2D eigenvalue weighted by Gasteiger charge is -2.37. The minimum absolute atomic E-state index is 0.343. The Morgan fingerprint density at radius 1 is 1.23 bits per heavy atom. The molecular formula is C16H25N5O. The van der Waals surface area contributed by atoms with Gasteiger partial charge in [0.15, 0.2) is 0 Å². The molecule has 6 nitrogen and oxygen atoms in total. The fraction of sp³-hybridized carbons (Fsp3) is 0.688. The normalized spacial score (nSPS) is 23.1. The zero-order valence-electron chi connectivity index (χ0n) is 13.9. The summed E-state index contributed by atoms with van der Waals surface area (Å²) in [4.78, 5) is 2.52. The van der Waals surface area contributed by atoms with Crippen molar-refractivity contribution < 1.29 is 4.42 Å². The van der Waals surface area contributed by atoms with Crippen LogP contribution in [-0.2, 0) is 6.54 Å². The number of hydrogen-bond acceptors (Lipinski definition) is 5. The van der Waals surface area contributed by atoms with Gasteiger partial charge in [-0.1, -0.05) is 0 Å². The van der Waals surface area contributed by atoms with Crippen LogP contribution in [0.5, 0.6) is 0 Å². The van der Waals surface area contributed by atoms with E-state index in [1.54, 1.807) is 0 Å². The Morgan fingerprint density at radius 2 is 2.05 bits per heavy atom. The van der Waals surface area contributed by atoms with Crippen LogP contribution in [0.3, 0.4) is 0 Å². The van der Waals surface area contributed by atoms with Gasteiger partial charge in [0.05, 0.1) is 18.2 Å². The second-order valence-corrected chi connectivity index (χ2v) is 6.33. The Kier molecular flexibility index (Phi) is 4.29. The highest BCUT2D eigenvalue weighted by atomic mass is 16.4. The molecule has 6 heteroatoms. The van der Waals surface area contributed by atoms with E-state index in [1.165, 1.54) is 12.1 Å². The van der Waals surface area contributed by atoms with Crippen molar-refractivity contribution in [3.05, 3.63) is 29.2 Å². The summed E-state index contributed by atoms with van der Waals surface area (Å²) in [6.45, 7) is 11.3. The van der Waals surface area contributed by atoms with Crippen molar-refractivity contribution in [2.24, 2.45) is 0 Å². The smallest absolute Gasteiger partial charge is 0.221 e. The van der Waals surface area contributed by atoms with E-state index in [2.05, 4.69) is 44.8 Å². The summed E-state index contributed by atoms with van der Waals surface area (Å²) >= 11 is 0. The van der Waals surface area contributed by atoms with Gasteiger partial charge in [0.25, 0.3) is 0 Å². The molecular weight excluding hydrogens is 278 g/mol. The van der Waals surface area contributed by atoms with E-state index >= 15 is 0 Å². The van der Waals surface area contributed by atoms with Gasteiger partial charge in [0, 0.05) is 25.2 Å². The monoisotopic (exact) mass is 303 g/mol. The predicted molar refractivity (Wildman–Crippen MR) is 83.7 cm³/mol. The summed E-state index contributed by atoms with van der Waals surface area (Å²) in [7, 11) is 0. The summed E-state index contributed by atoms with van der Waals surface area (Å²) in [5.41, 5.74) is 2.31. The summed E-state index contributed by atoms with van der Waals surface area (Å²) in [5, 5.41) is 12.8. The maximum Gasteiger partial charge on any atom is 0.221 e. The van der Waals surface area contributed by atoms with Crippen LogP contribution >= 0.6 is 0 Å². The standard InChI is InChI=1S/C16H25N5O/c1-11-10-12(2)21(19-11)9-8-20-7-5-6-15(13(20)3)16-18-17-14(4)22-16/h10,13,15H,5-9H2,1-4H3/t13-,15-/m0/s1. The summed E-state index contributed by atoms with van der Waals surface area (Å²) in [6.07, 6.45) is 2.30. The first kappa shape index (κ1) is 15.2. The second kappa shape index (κ2) is 6.20. The molecule has 0 spiro atoms. The fourth-order valence-corrected chi connectivity index (χ4v) is 3.45. The molecule has 0 unspecified atom stereocenters. The van der Waals surface area contributed by atoms with Crippen LogP contribution in [0.2, 0.25) is 0 Å². The number of hydrogen-bond donors (Lipinski definition) is 0. The van der Waals surface area contributed by atoms with Gasteiger partial charge in [-0.05, 0) is 46.2 Å². The number of likely N-dealkylation sites (tertiary alicyclic amines) is 1. The van der Waals surface area contributed by atoms with E-state index in [1.807, 2.05) is 13.8 Å². The van der Waals surface area contributed by atoms with Crippen LogP contribution in [0.1, 0.15) is 48.9 Å². The zero-order chi connectivity index (χ0) is 15.7. The second-order valence-electron chi connectivity index (χ2n) is 6.33. The molecule has 1 saturated heterocycles. The molecule has 0 N–H and O–H groups in total. The first-order chi connectivity index (χ1) is 10.5. The van der Waals surface area contributed by atoms with Gasteiger partial charge >= 0.3 is 0 Å². The maximum absolute atomic E-state index is 5.66. The Labute approximate surface area is 131 Å². The molecule has 0 aromatic carbocycles. The van der Waals surface area contributed by atoms with Crippen LogP contribution in [0.25, 0.3) is 0 Å². The summed E-state index contributed by atoms with van der Waals surface area (Å²) in [5.74, 6) is 1.79. The molecule has 22 heavy (non-hydrogen) atoms. The Hall–Kier alpha value is -1.69. The highest BCUT2D eigenvalue weighted by Gasteiger charge is 2.32. The van der Waals surface area contributed by atoms with Gasteiger partial charge in [-0.25, -0.2) is 0 Å². The minimum atomic E-state index is 0.343. The predicted octanol–water partition coefficient (Wildman–Crippen LogP) is 2.46. The molecule has 0 saturated carbocycles. The zero-order valence-corrected chi connectivity index (χ0v) is 13.9. The van der Waals surface area contributed by atoms with E-state index in [9.17, 15) is 0 Å². The fourth-order valence-electron chi connectivity index (χ4n) is 3.45. The van der Waals surface area contributed by atoms with Crippen LogP contribution in [0.4, 0.5) is 0 Å². The van der Waals surface area contributed by atoms with E-state index < -0.39 is 0 Å². The molecule has 1 aliphatic heterocycles. The number of rotatable bonds is 4. The molecule has 0 radical (unpaired) electrons. The van der Waals surface area contributed by atoms with Crippen LogP contribution < -0.4 is 0 Å². The van der Waals surface area contributed by atoms with Gasteiger partial charge in [-0.2, -0.15) is 5.10 Å². The first-order valence-corrected chi connectivity index (χ1v) is 8.09. The van der Waals surface area contributed by atoms with Crippen molar-refractivity contribution in [2.75, 3.05) is 13.1 Å². The molecule has 3 rings (SSSR count). The molecule has 3 heterocycles. The molecule has 2 aromatic heterocycles. The van der Waals surface area contributed by atoms with Gasteiger partial charge in [0.2, 0.25) is 11.8 Å². The van der Waals surface area contributed by atoms with Crippen molar-refractivity contribution in [3.8, 4) is 0 Å². The topological polar surface area (TPSA) is 60.0 Å². The Bertz CT molecular complexity index is 632. The number of aryl methyl sites for hydroxylation is 3. The van der Waals surface area contributed by atoms with E-state index in [0.29, 0.717) is 17.9 Å². The van der Waals surface area contributed by atoms with E-state index in [4.69, 9.17) is 4.42 Å². The van der Waals surface area contributed by atoms with E-state index in [-0.39, 0.29) is 0 Å². The number of aromatic nitrogens is 4. The minimum Gasteiger partial charge on any atom is -0.425 e. The van der Waals surface area contributed by atoms with Crippen LogP contribution in [0, 0.1) is 20.8 Å². The van der Waals surface area contributed by atoms with Crippen LogP contribution in [-0.4, -0.2) is 44.0 Å². The molecule has 0 bridgehead atoms. The summed E-state index contributed by atoms with van der Waals surface area (Å²) < 4.78 is 7.76. The number of nitrogens with zero attached hydrogens (tertiary/aromatic N) is 5. The third-order valence-electron chi connectivity index (χ3n) is 4.68. The maximum atomic E-state index is 5.66. The Morgan fingerprint density at radius 3 is 2.68 bits per heavy atom. The molecule has 2 atom stereocenters. The van der Waals surface area contributed by atoms with Gasteiger partial charge < -0.3 is 4.42 Å². The highest BCUT2D eigenvalue weighted by Crippen LogP contribution is 2.31. The van der Waals surface area contributed by atoms with Crippen molar-refractivity contribution in [3.63, 3.8) is 0 Å².